The lowest BCUT2D eigenvalue weighted by molar-refractivity contribution is 0.440. The van der Waals surface area contributed by atoms with Gasteiger partial charge in [0.25, 0.3) is 0 Å². The summed E-state index contributed by atoms with van der Waals surface area (Å²) in [6.07, 6.45) is 2.47. The van der Waals surface area contributed by atoms with Gasteiger partial charge in [0.05, 0.1) is 7.05 Å². The van der Waals surface area contributed by atoms with Gasteiger partial charge >= 0.3 is 0 Å². The maximum atomic E-state index is 6.93. The van der Waals surface area contributed by atoms with Crippen molar-refractivity contribution in [3.8, 4) is 0 Å². The molecule has 3 radical (unpaired) electrons. The van der Waals surface area contributed by atoms with Gasteiger partial charge in [-0.3, -0.25) is 4.90 Å². The number of rotatable bonds is 1. The Morgan fingerprint density at radius 1 is 1.67 bits per heavy atom. The van der Waals surface area contributed by atoms with Crippen LogP contribution in [0, 0.1) is 7.05 Å². The molecule has 0 aromatic heterocycles. The summed E-state index contributed by atoms with van der Waals surface area (Å²) in [6, 6.07) is 0.602. The molecule has 1 fully saturated rings. The van der Waals surface area contributed by atoms with Crippen molar-refractivity contribution in [1.29, 1.82) is 0 Å². The summed E-state index contributed by atoms with van der Waals surface area (Å²) < 4.78 is 0. The largest absolute Gasteiger partial charge is 0.292 e. The molecule has 0 aliphatic heterocycles. The molecule has 1 aliphatic rings. The summed E-state index contributed by atoms with van der Waals surface area (Å²) in [5.41, 5.74) is 0. The molecule has 0 spiro atoms. The highest BCUT2D eigenvalue weighted by Gasteiger charge is 2.23. The van der Waals surface area contributed by atoms with Crippen molar-refractivity contribution in [2.45, 2.75) is 18.9 Å². The van der Waals surface area contributed by atoms with E-state index in [1.54, 1.807) is 7.05 Å². The maximum absolute atomic E-state index is 6.93. The number of hydrogen-bond donors (Lipinski definition) is 0. The summed E-state index contributed by atoms with van der Waals surface area (Å²) in [5.74, 6) is 0. The Labute approximate surface area is 39.0 Å². The molecule has 0 heterocycles. The first-order chi connectivity index (χ1) is 2.80. The molecule has 0 atom stereocenters. The fourth-order valence-electron chi connectivity index (χ4n) is 0.462. The van der Waals surface area contributed by atoms with Gasteiger partial charge in [-0.1, -0.05) is 0 Å². The lowest BCUT2D eigenvalue weighted by Crippen LogP contribution is -2.09. The van der Waals surface area contributed by atoms with Gasteiger partial charge in [0.1, 0.15) is 0 Å². The Balaban J connectivity index is 2.13. The molecule has 1 heteroatoms. The van der Waals surface area contributed by atoms with E-state index in [1.165, 1.54) is 17.7 Å². The number of nitrogens with zero attached hydrogens (tertiary/aromatic N) is 1. The Morgan fingerprint density at radius 3 is 2.17 bits per heavy atom. The Morgan fingerprint density at radius 2 is 2.17 bits per heavy atom. The summed E-state index contributed by atoms with van der Waals surface area (Å²) in [5, 5.41) is 0. The van der Waals surface area contributed by atoms with E-state index in [0.29, 0.717) is 6.04 Å². The highest BCUT2D eigenvalue weighted by Crippen LogP contribution is 2.23. The zero-order chi connectivity index (χ0) is 4.57. The van der Waals surface area contributed by atoms with Gasteiger partial charge in [0.2, 0.25) is 0 Å². The summed E-state index contributed by atoms with van der Waals surface area (Å²) in [4.78, 5) is 1.53. The SMILES string of the molecule is [C]N(C)C1CC1. The van der Waals surface area contributed by atoms with Crippen LogP contribution in [0.1, 0.15) is 12.8 Å². The quantitative estimate of drug-likeness (QED) is 0.448. The molecule has 1 saturated carbocycles. The molecule has 0 bridgehead atoms. The fraction of sp³-hybridized carbons (Fsp3) is 0.800. The van der Waals surface area contributed by atoms with Crippen molar-refractivity contribution < 1.29 is 0 Å². The Kier molecular flexibility index (Phi) is 0.845. The topological polar surface area (TPSA) is 3.24 Å². The standard InChI is InChI=1S/C5H8N/c1-6(2)5-3-4-5/h5H,3-4H2,1H3. The third-order valence-corrected chi connectivity index (χ3v) is 1.09. The monoisotopic (exact) mass is 82.1 g/mol. The average Bonchev–Trinajstić information content (AvgIpc) is 2.06. The van der Waals surface area contributed by atoms with Crippen LogP contribution >= 0.6 is 0 Å². The highest BCUT2D eigenvalue weighted by atomic mass is 15.1. The second-order valence-electron chi connectivity index (χ2n) is 1.84. The van der Waals surface area contributed by atoms with Crippen LogP contribution in [-0.2, 0) is 0 Å². The summed E-state index contributed by atoms with van der Waals surface area (Å²) in [6.45, 7) is 0. The van der Waals surface area contributed by atoms with Gasteiger partial charge in [-0.15, -0.1) is 0 Å². The van der Waals surface area contributed by atoms with Gasteiger partial charge in [-0.2, -0.15) is 0 Å². The normalized spacial score (nSPS) is 22.5. The molecule has 0 unspecified atom stereocenters. The predicted molar refractivity (Wildman–Crippen MR) is 24.0 cm³/mol. The van der Waals surface area contributed by atoms with Gasteiger partial charge in [-0.25, -0.2) is 0 Å². The molecular weight excluding hydrogens is 74.1 g/mol. The second kappa shape index (κ2) is 1.23. The van der Waals surface area contributed by atoms with Crippen LogP contribution in [0.5, 0.6) is 0 Å². The molecule has 1 nitrogen and oxygen atoms in total. The molecule has 6 heavy (non-hydrogen) atoms. The molecule has 0 saturated heterocycles. The first-order valence-electron chi connectivity index (χ1n) is 2.25. The molecule has 33 valence electrons. The minimum atomic E-state index is 0.602. The van der Waals surface area contributed by atoms with E-state index >= 15 is 0 Å². The van der Waals surface area contributed by atoms with Crippen molar-refractivity contribution in [3.05, 3.63) is 7.05 Å². The van der Waals surface area contributed by atoms with Gasteiger partial charge < -0.3 is 0 Å². The molecule has 1 rings (SSSR count). The van der Waals surface area contributed by atoms with Gasteiger partial charge in [-0.05, 0) is 19.9 Å². The van der Waals surface area contributed by atoms with Crippen LogP contribution in [0.2, 0.25) is 0 Å². The number of hydrogen-bond acceptors (Lipinski definition) is 1. The van der Waals surface area contributed by atoms with Gasteiger partial charge in [0.15, 0.2) is 0 Å². The zero-order valence-electron chi connectivity index (χ0n) is 3.94. The van der Waals surface area contributed by atoms with Crippen LogP contribution in [0.4, 0.5) is 0 Å². The van der Waals surface area contributed by atoms with Gasteiger partial charge in [0, 0.05) is 6.04 Å². The van der Waals surface area contributed by atoms with Crippen LogP contribution < -0.4 is 0 Å². The zero-order valence-corrected chi connectivity index (χ0v) is 3.94. The third kappa shape index (κ3) is 0.716. The second-order valence-corrected chi connectivity index (χ2v) is 1.84. The summed E-state index contributed by atoms with van der Waals surface area (Å²) in [7, 11) is 8.73. The van der Waals surface area contributed by atoms with E-state index in [4.69, 9.17) is 7.05 Å². The molecule has 0 N–H and O–H groups in total. The molecule has 0 aromatic rings. The predicted octanol–water partition coefficient (Wildman–Crippen LogP) is 0.626. The first-order valence-corrected chi connectivity index (χ1v) is 2.25. The summed E-state index contributed by atoms with van der Waals surface area (Å²) >= 11 is 0. The van der Waals surface area contributed by atoms with Crippen molar-refractivity contribution in [1.82, 2.24) is 4.90 Å². The van der Waals surface area contributed by atoms with Crippen molar-refractivity contribution in [2.24, 2.45) is 0 Å². The minimum absolute atomic E-state index is 0.602. The lowest BCUT2D eigenvalue weighted by atomic mass is 10.6. The third-order valence-electron chi connectivity index (χ3n) is 1.09. The molecule has 0 aromatic carbocycles. The van der Waals surface area contributed by atoms with E-state index in [9.17, 15) is 0 Å². The van der Waals surface area contributed by atoms with Crippen molar-refractivity contribution in [2.75, 3.05) is 7.05 Å². The smallest absolute Gasteiger partial charge is 0.0882 e. The van der Waals surface area contributed by atoms with E-state index < -0.39 is 0 Å². The van der Waals surface area contributed by atoms with E-state index in [-0.39, 0.29) is 0 Å². The fourth-order valence-corrected chi connectivity index (χ4v) is 0.462. The van der Waals surface area contributed by atoms with E-state index in [1.807, 2.05) is 0 Å². The minimum Gasteiger partial charge on any atom is -0.292 e. The van der Waals surface area contributed by atoms with Crippen LogP contribution in [0.15, 0.2) is 0 Å². The molecule has 0 amide bonds. The molecular formula is C5H8N. The van der Waals surface area contributed by atoms with Crippen molar-refractivity contribution >= 4 is 0 Å². The van der Waals surface area contributed by atoms with E-state index in [0.717, 1.165) is 0 Å². The molecule has 1 aliphatic carbocycles. The maximum Gasteiger partial charge on any atom is 0.0882 e. The first kappa shape index (κ1) is 4.13. The van der Waals surface area contributed by atoms with E-state index in [2.05, 4.69) is 0 Å². The Hall–Kier alpha value is -0.0400. The highest BCUT2D eigenvalue weighted by molar-refractivity contribution is 4.81. The Bertz CT molecular complexity index is 45.9. The van der Waals surface area contributed by atoms with Crippen LogP contribution in [0.25, 0.3) is 0 Å². The van der Waals surface area contributed by atoms with Crippen molar-refractivity contribution in [3.63, 3.8) is 0 Å². The lowest BCUT2D eigenvalue weighted by Gasteiger charge is -2.01. The van der Waals surface area contributed by atoms with Crippen LogP contribution in [-0.4, -0.2) is 18.0 Å². The van der Waals surface area contributed by atoms with Crippen LogP contribution in [0.3, 0.4) is 0 Å². The average molecular weight is 82.1 g/mol.